The maximum Gasteiger partial charge on any atom is 0.433 e. The minimum Gasteiger partial charge on any atom is -0.381 e. The maximum atomic E-state index is 12.9. The molecule has 4 nitrogen and oxygen atoms in total. The van der Waals surface area contributed by atoms with Crippen molar-refractivity contribution in [3.8, 4) is 0 Å². The van der Waals surface area contributed by atoms with Crippen LogP contribution in [-0.4, -0.2) is 35.6 Å². The van der Waals surface area contributed by atoms with Gasteiger partial charge in [0.05, 0.1) is 5.69 Å². The van der Waals surface area contributed by atoms with Crippen molar-refractivity contribution >= 4 is 0 Å². The monoisotopic (exact) mass is 305 g/mol. The quantitative estimate of drug-likeness (QED) is 0.909. The van der Waals surface area contributed by atoms with E-state index in [1.54, 1.807) is 6.92 Å². The van der Waals surface area contributed by atoms with Crippen molar-refractivity contribution in [2.24, 2.45) is 5.92 Å². The molecule has 1 unspecified atom stereocenters. The van der Waals surface area contributed by atoms with E-state index in [-0.39, 0.29) is 12.5 Å². The van der Waals surface area contributed by atoms with Gasteiger partial charge in [0.25, 0.3) is 0 Å². The topological polar surface area (TPSA) is 39.1 Å². The highest BCUT2D eigenvalue weighted by atomic mass is 19.4. The summed E-state index contributed by atoms with van der Waals surface area (Å²) in [6.07, 6.45) is -2.43. The zero-order valence-corrected chi connectivity index (χ0v) is 12.4. The molecule has 7 heteroatoms. The summed E-state index contributed by atoms with van der Waals surface area (Å²) in [6.45, 7) is 5.96. The Hall–Kier alpha value is -1.08. The van der Waals surface area contributed by atoms with Gasteiger partial charge in [0, 0.05) is 25.8 Å². The molecule has 1 aliphatic rings. The molecule has 1 fully saturated rings. The van der Waals surface area contributed by atoms with Gasteiger partial charge in [-0.1, -0.05) is 6.92 Å². The highest BCUT2D eigenvalue weighted by Crippen LogP contribution is 2.30. The van der Waals surface area contributed by atoms with Crippen LogP contribution in [0.25, 0.3) is 0 Å². The van der Waals surface area contributed by atoms with Gasteiger partial charge in [-0.25, -0.2) is 0 Å². The maximum absolute atomic E-state index is 12.9. The van der Waals surface area contributed by atoms with Crippen LogP contribution in [0.4, 0.5) is 13.2 Å². The molecule has 1 aromatic rings. The van der Waals surface area contributed by atoms with Gasteiger partial charge in [-0.3, -0.25) is 4.68 Å². The highest BCUT2D eigenvalue weighted by Gasteiger charge is 2.35. The third-order valence-corrected chi connectivity index (χ3v) is 3.65. The molecule has 0 bridgehead atoms. The summed E-state index contributed by atoms with van der Waals surface area (Å²) in [5, 5.41) is 7.36. The standard InChI is InChI=1S/C14H22F3N3O/c1-10(8-18-12-3-5-21-6-4-12)9-20-13(14(15,16)17)7-11(2)19-20/h7,10,12,18H,3-6,8-9H2,1-2H3. The van der Waals surface area contributed by atoms with Crippen LogP contribution in [0.1, 0.15) is 31.2 Å². The lowest BCUT2D eigenvalue weighted by Crippen LogP contribution is -2.38. The predicted molar refractivity (Wildman–Crippen MR) is 73.0 cm³/mol. The average Bonchev–Trinajstić information content (AvgIpc) is 2.78. The zero-order chi connectivity index (χ0) is 15.5. The molecule has 1 aliphatic heterocycles. The Morgan fingerprint density at radius 3 is 2.71 bits per heavy atom. The summed E-state index contributed by atoms with van der Waals surface area (Å²) >= 11 is 0. The second-order valence-corrected chi connectivity index (χ2v) is 5.75. The van der Waals surface area contributed by atoms with Gasteiger partial charge >= 0.3 is 6.18 Å². The molecule has 0 amide bonds. The summed E-state index contributed by atoms with van der Waals surface area (Å²) in [5.74, 6) is 0.0771. The normalized spacial score (nSPS) is 18.9. The number of ether oxygens (including phenoxy) is 1. The van der Waals surface area contributed by atoms with Crippen LogP contribution >= 0.6 is 0 Å². The van der Waals surface area contributed by atoms with Crippen molar-refractivity contribution in [2.45, 2.75) is 45.5 Å². The van der Waals surface area contributed by atoms with E-state index >= 15 is 0 Å². The van der Waals surface area contributed by atoms with Gasteiger partial charge in [-0.15, -0.1) is 0 Å². The number of aryl methyl sites for hydroxylation is 1. The van der Waals surface area contributed by atoms with E-state index in [0.717, 1.165) is 36.8 Å². The van der Waals surface area contributed by atoms with Gasteiger partial charge in [0.1, 0.15) is 5.69 Å². The number of alkyl halides is 3. The third kappa shape index (κ3) is 4.71. The van der Waals surface area contributed by atoms with E-state index in [1.807, 2.05) is 6.92 Å². The number of aromatic nitrogens is 2. The average molecular weight is 305 g/mol. The Morgan fingerprint density at radius 1 is 1.43 bits per heavy atom. The predicted octanol–water partition coefficient (Wildman–Crippen LogP) is 2.62. The molecule has 2 heterocycles. The fourth-order valence-corrected chi connectivity index (χ4v) is 2.54. The number of halogens is 3. The fraction of sp³-hybridized carbons (Fsp3) is 0.786. The lowest BCUT2D eigenvalue weighted by molar-refractivity contribution is -0.144. The summed E-state index contributed by atoms with van der Waals surface area (Å²) in [6, 6.07) is 1.50. The Bertz CT molecular complexity index is 453. The first kappa shape index (κ1) is 16.3. The second kappa shape index (κ2) is 6.79. The molecular formula is C14H22F3N3O. The minimum atomic E-state index is -4.35. The Kier molecular flexibility index (Phi) is 5.27. The van der Waals surface area contributed by atoms with Crippen molar-refractivity contribution in [1.29, 1.82) is 0 Å². The van der Waals surface area contributed by atoms with E-state index in [2.05, 4.69) is 10.4 Å². The molecule has 1 saturated heterocycles. The third-order valence-electron chi connectivity index (χ3n) is 3.65. The number of nitrogens with one attached hydrogen (secondary N) is 1. The number of hydrogen-bond acceptors (Lipinski definition) is 3. The van der Waals surface area contributed by atoms with Crippen molar-refractivity contribution < 1.29 is 17.9 Å². The molecule has 0 radical (unpaired) electrons. The molecule has 2 rings (SSSR count). The summed E-state index contributed by atoms with van der Waals surface area (Å²) in [7, 11) is 0. The number of rotatable bonds is 5. The van der Waals surface area contributed by atoms with Crippen molar-refractivity contribution in [3.05, 3.63) is 17.5 Å². The first-order valence-electron chi connectivity index (χ1n) is 7.29. The Morgan fingerprint density at radius 2 is 2.10 bits per heavy atom. The van der Waals surface area contributed by atoms with E-state index in [9.17, 15) is 13.2 Å². The van der Waals surface area contributed by atoms with Gasteiger partial charge in [0.15, 0.2) is 0 Å². The largest absolute Gasteiger partial charge is 0.433 e. The van der Waals surface area contributed by atoms with Gasteiger partial charge in [-0.05, 0) is 38.3 Å². The SMILES string of the molecule is Cc1cc(C(F)(F)F)n(CC(C)CNC2CCOCC2)n1. The van der Waals surface area contributed by atoms with E-state index < -0.39 is 11.9 Å². The van der Waals surface area contributed by atoms with Crippen LogP contribution in [0.2, 0.25) is 0 Å². The van der Waals surface area contributed by atoms with E-state index in [4.69, 9.17) is 4.74 Å². The molecule has 1 atom stereocenters. The molecule has 120 valence electrons. The molecular weight excluding hydrogens is 283 g/mol. The van der Waals surface area contributed by atoms with E-state index in [0.29, 0.717) is 18.3 Å². The van der Waals surface area contributed by atoms with Crippen molar-refractivity contribution in [1.82, 2.24) is 15.1 Å². The molecule has 0 spiro atoms. The van der Waals surface area contributed by atoms with Crippen LogP contribution in [0, 0.1) is 12.8 Å². The van der Waals surface area contributed by atoms with Gasteiger partial charge in [-0.2, -0.15) is 18.3 Å². The second-order valence-electron chi connectivity index (χ2n) is 5.75. The lowest BCUT2D eigenvalue weighted by Gasteiger charge is -2.25. The van der Waals surface area contributed by atoms with Crippen LogP contribution in [0.5, 0.6) is 0 Å². The van der Waals surface area contributed by atoms with Crippen LogP contribution in [-0.2, 0) is 17.5 Å². The van der Waals surface area contributed by atoms with Crippen LogP contribution in [0.15, 0.2) is 6.07 Å². The number of hydrogen-bond donors (Lipinski definition) is 1. The minimum absolute atomic E-state index is 0.0771. The Balaban J connectivity index is 1.88. The first-order valence-corrected chi connectivity index (χ1v) is 7.29. The smallest absolute Gasteiger partial charge is 0.381 e. The number of nitrogens with zero attached hydrogens (tertiary/aromatic N) is 2. The van der Waals surface area contributed by atoms with Gasteiger partial charge < -0.3 is 10.1 Å². The molecule has 1 N–H and O–H groups in total. The molecule has 0 aromatic carbocycles. The van der Waals surface area contributed by atoms with Gasteiger partial charge in [0.2, 0.25) is 0 Å². The highest BCUT2D eigenvalue weighted by molar-refractivity contribution is 5.12. The van der Waals surface area contributed by atoms with Crippen LogP contribution in [0.3, 0.4) is 0 Å². The van der Waals surface area contributed by atoms with Crippen LogP contribution < -0.4 is 5.32 Å². The molecule has 21 heavy (non-hydrogen) atoms. The molecule has 0 saturated carbocycles. The van der Waals surface area contributed by atoms with Crippen molar-refractivity contribution in [3.63, 3.8) is 0 Å². The Labute approximate surface area is 122 Å². The van der Waals surface area contributed by atoms with Crippen molar-refractivity contribution in [2.75, 3.05) is 19.8 Å². The first-order chi connectivity index (χ1) is 9.86. The summed E-state index contributed by atoms with van der Waals surface area (Å²) in [5.41, 5.74) is -0.273. The molecule has 0 aliphatic carbocycles. The molecule has 1 aromatic heterocycles. The summed E-state index contributed by atoms with van der Waals surface area (Å²) in [4.78, 5) is 0. The fourth-order valence-electron chi connectivity index (χ4n) is 2.54. The lowest BCUT2D eigenvalue weighted by atomic mass is 10.1. The van der Waals surface area contributed by atoms with E-state index in [1.165, 1.54) is 0 Å². The summed E-state index contributed by atoms with van der Waals surface area (Å²) < 4.78 is 45.0. The zero-order valence-electron chi connectivity index (χ0n) is 12.4.